The highest BCUT2D eigenvalue weighted by molar-refractivity contribution is 7.15. The van der Waals surface area contributed by atoms with Gasteiger partial charge >= 0.3 is 0 Å². The van der Waals surface area contributed by atoms with Gasteiger partial charge in [-0.2, -0.15) is 0 Å². The maximum absolute atomic E-state index is 13.9. The number of benzene rings is 1. The number of hydrogen-bond donors (Lipinski definition) is 0. The molecule has 26 heavy (non-hydrogen) atoms. The van der Waals surface area contributed by atoms with Gasteiger partial charge in [-0.3, -0.25) is 0 Å². The highest BCUT2D eigenvalue weighted by atomic mass is 32.1. The Morgan fingerprint density at radius 2 is 2.12 bits per heavy atom. The number of alkyl halides is 2. The van der Waals surface area contributed by atoms with Gasteiger partial charge in [-0.15, -0.1) is 11.3 Å². The smallest absolute Gasteiger partial charge is 0.264 e. The van der Waals surface area contributed by atoms with Crippen LogP contribution in [-0.4, -0.2) is 18.1 Å². The van der Waals surface area contributed by atoms with Gasteiger partial charge in [-0.1, -0.05) is 20.3 Å². The van der Waals surface area contributed by atoms with E-state index in [4.69, 9.17) is 0 Å². The van der Waals surface area contributed by atoms with Gasteiger partial charge in [-0.25, -0.2) is 13.8 Å². The summed E-state index contributed by atoms with van der Waals surface area (Å²) >= 11 is 1.60. The Labute approximate surface area is 158 Å². The molecule has 2 aromatic rings. The lowest BCUT2D eigenvalue weighted by Crippen LogP contribution is -2.33. The molecule has 1 aliphatic carbocycles. The van der Waals surface area contributed by atoms with E-state index >= 15 is 0 Å². The molecule has 2 nitrogen and oxygen atoms in total. The van der Waals surface area contributed by atoms with Crippen LogP contribution in [0.2, 0.25) is 0 Å². The third kappa shape index (κ3) is 3.51. The Morgan fingerprint density at radius 1 is 1.31 bits per heavy atom. The lowest BCUT2D eigenvalue weighted by molar-refractivity contribution is 0.152. The number of fused-ring (bicyclic) bond motifs is 1. The fraction of sp³-hybridized carbons (Fsp3) is 0.571. The molecular weight excluding hydrogens is 350 g/mol. The number of nitrogens with zero attached hydrogens (tertiary/aromatic N) is 2. The first-order valence-electron chi connectivity index (χ1n) is 9.72. The summed E-state index contributed by atoms with van der Waals surface area (Å²) in [6.07, 6.45) is 4.87. The number of anilines is 1. The molecule has 1 aliphatic heterocycles. The molecule has 0 spiro atoms. The molecule has 4 rings (SSSR count). The lowest BCUT2D eigenvalue weighted by atomic mass is 9.94. The van der Waals surface area contributed by atoms with E-state index < -0.39 is 6.43 Å². The number of halogens is 2. The van der Waals surface area contributed by atoms with Crippen molar-refractivity contribution in [1.29, 1.82) is 0 Å². The SMILES string of the molecule is CCC(C)CN1CCCc2cc(-c3cnc(C4CC4)s3)c(C(F)F)cc21. The molecule has 1 atom stereocenters. The van der Waals surface area contributed by atoms with Gasteiger partial charge in [0.2, 0.25) is 0 Å². The van der Waals surface area contributed by atoms with Gasteiger partial charge in [0.1, 0.15) is 0 Å². The van der Waals surface area contributed by atoms with Crippen molar-refractivity contribution in [3.63, 3.8) is 0 Å². The standard InChI is InChI=1S/C21H26F2N2S/c1-3-13(2)12-25-8-4-5-15-9-16(17(20(22)23)10-18(15)25)19-11-24-21(26-19)14-6-7-14/h9-11,13-14,20H,3-8,12H2,1-2H3. The molecule has 0 amide bonds. The molecule has 0 radical (unpaired) electrons. The van der Waals surface area contributed by atoms with Gasteiger partial charge in [0.15, 0.2) is 0 Å². The van der Waals surface area contributed by atoms with Gasteiger partial charge in [0.25, 0.3) is 6.43 Å². The summed E-state index contributed by atoms with van der Waals surface area (Å²) in [4.78, 5) is 7.70. The molecule has 1 unspecified atom stereocenters. The Kier molecular flexibility index (Phi) is 5.00. The van der Waals surface area contributed by atoms with Crippen molar-refractivity contribution in [2.45, 2.75) is 58.3 Å². The summed E-state index contributed by atoms with van der Waals surface area (Å²) in [5.41, 5.74) is 3.07. The monoisotopic (exact) mass is 376 g/mol. The lowest BCUT2D eigenvalue weighted by Gasteiger charge is -2.34. The van der Waals surface area contributed by atoms with E-state index in [2.05, 4.69) is 23.7 Å². The van der Waals surface area contributed by atoms with Crippen LogP contribution in [-0.2, 0) is 6.42 Å². The van der Waals surface area contributed by atoms with E-state index in [0.29, 0.717) is 17.4 Å². The molecule has 0 N–H and O–H groups in total. The van der Waals surface area contributed by atoms with E-state index in [1.54, 1.807) is 23.6 Å². The van der Waals surface area contributed by atoms with Crippen molar-refractivity contribution in [3.05, 3.63) is 34.5 Å². The average molecular weight is 377 g/mol. The summed E-state index contributed by atoms with van der Waals surface area (Å²) in [6, 6.07) is 3.77. The van der Waals surface area contributed by atoms with Crippen molar-refractivity contribution in [1.82, 2.24) is 4.98 Å². The van der Waals surface area contributed by atoms with Crippen LogP contribution in [0.15, 0.2) is 18.3 Å². The molecule has 1 saturated carbocycles. The first kappa shape index (κ1) is 17.9. The molecule has 0 saturated heterocycles. The third-order valence-electron chi connectivity index (χ3n) is 5.65. The van der Waals surface area contributed by atoms with E-state index in [1.165, 1.54) is 18.4 Å². The molecule has 1 fully saturated rings. The van der Waals surface area contributed by atoms with Gasteiger partial charge in [0, 0.05) is 42.0 Å². The van der Waals surface area contributed by atoms with Crippen LogP contribution in [0.25, 0.3) is 10.4 Å². The van der Waals surface area contributed by atoms with Crippen LogP contribution < -0.4 is 4.90 Å². The van der Waals surface area contributed by atoms with Crippen LogP contribution >= 0.6 is 11.3 Å². The van der Waals surface area contributed by atoms with Gasteiger partial charge in [0.05, 0.1) is 9.88 Å². The Bertz CT molecular complexity index is 782. The van der Waals surface area contributed by atoms with E-state index in [1.807, 2.05) is 6.07 Å². The quantitative estimate of drug-likeness (QED) is 0.578. The number of rotatable bonds is 6. The first-order valence-corrected chi connectivity index (χ1v) is 10.5. The van der Waals surface area contributed by atoms with Crippen molar-refractivity contribution < 1.29 is 8.78 Å². The van der Waals surface area contributed by atoms with Crippen molar-refractivity contribution >= 4 is 17.0 Å². The Balaban J connectivity index is 1.73. The van der Waals surface area contributed by atoms with Crippen LogP contribution in [0.4, 0.5) is 14.5 Å². The molecule has 2 heterocycles. The maximum atomic E-state index is 13.9. The number of thiazole rings is 1. The Hall–Kier alpha value is -1.49. The molecule has 0 bridgehead atoms. The topological polar surface area (TPSA) is 16.1 Å². The molecule has 1 aromatic heterocycles. The zero-order valence-corrected chi connectivity index (χ0v) is 16.3. The van der Waals surface area contributed by atoms with Crippen LogP contribution in [0, 0.1) is 5.92 Å². The minimum Gasteiger partial charge on any atom is -0.371 e. The Morgan fingerprint density at radius 3 is 2.81 bits per heavy atom. The van der Waals surface area contributed by atoms with Crippen molar-refractivity contribution in [2.24, 2.45) is 5.92 Å². The molecule has 2 aliphatic rings. The fourth-order valence-corrected chi connectivity index (χ4v) is 4.87. The van der Waals surface area contributed by atoms with Crippen LogP contribution in [0.5, 0.6) is 0 Å². The zero-order chi connectivity index (χ0) is 18.3. The largest absolute Gasteiger partial charge is 0.371 e. The van der Waals surface area contributed by atoms with E-state index in [-0.39, 0.29) is 5.56 Å². The first-order chi connectivity index (χ1) is 12.6. The van der Waals surface area contributed by atoms with Crippen LogP contribution in [0.1, 0.15) is 68.0 Å². The highest BCUT2D eigenvalue weighted by Crippen LogP contribution is 2.46. The highest BCUT2D eigenvalue weighted by Gasteiger charge is 2.28. The summed E-state index contributed by atoms with van der Waals surface area (Å²) in [7, 11) is 0. The predicted molar refractivity (Wildman–Crippen MR) is 104 cm³/mol. The third-order valence-corrected chi connectivity index (χ3v) is 6.84. The summed E-state index contributed by atoms with van der Waals surface area (Å²) in [5, 5.41) is 1.11. The minimum absolute atomic E-state index is 0.158. The van der Waals surface area contributed by atoms with E-state index in [0.717, 1.165) is 47.9 Å². The van der Waals surface area contributed by atoms with E-state index in [9.17, 15) is 8.78 Å². The van der Waals surface area contributed by atoms with Crippen molar-refractivity contribution in [2.75, 3.05) is 18.0 Å². The number of aromatic nitrogens is 1. The minimum atomic E-state index is -2.46. The predicted octanol–water partition coefficient (Wildman–Crippen LogP) is 6.42. The second kappa shape index (κ2) is 7.26. The number of hydrogen-bond acceptors (Lipinski definition) is 3. The molecule has 140 valence electrons. The normalized spacial score (nSPS) is 18.3. The molecule has 1 aromatic carbocycles. The molecule has 5 heteroatoms. The summed E-state index contributed by atoms with van der Waals surface area (Å²) < 4.78 is 27.8. The average Bonchev–Trinajstić information content (AvgIpc) is 3.37. The fourth-order valence-electron chi connectivity index (χ4n) is 3.74. The molecular formula is C21H26F2N2S. The van der Waals surface area contributed by atoms with Gasteiger partial charge < -0.3 is 4.90 Å². The van der Waals surface area contributed by atoms with Crippen molar-refractivity contribution in [3.8, 4) is 10.4 Å². The number of aryl methyl sites for hydroxylation is 1. The second-order valence-electron chi connectivity index (χ2n) is 7.77. The zero-order valence-electron chi connectivity index (χ0n) is 15.5. The van der Waals surface area contributed by atoms with Crippen LogP contribution in [0.3, 0.4) is 0 Å². The maximum Gasteiger partial charge on any atom is 0.264 e. The van der Waals surface area contributed by atoms with Gasteiger partial charge in [-0.05, 0) is 49.3 Å². The second-order valence-corrected chi connectivity index (χ2v) is 8.83. The summed E-state index contributed by atoms with van der Waals surface area (Å²) in [6.45, 7) is 6.32. The summed E-state index contributed by atoms with van der Waals surface area (Å²) in [5.74, 6) is 1.13.